The highest BCUT2D eigenvalue weighted by Gasteiger charge is 2.35. The summed E-state index contributed by atoms with van der Waals surface area (Å²) in [5.74, 6) is -1.28. The van der Waals surface area contributed by atoms with Crippen molar-refractivity contribution in [2.45, 2.75) is 47.5 Å². The van der Waals surface area contributed by atoms with Gasteiger partial charge in [0.05, 0.1) is 0 Å². The molecule has 1 aromatic carbocycles. The number of allylic oxidation sites excluding steroid dienone is 3. The van der Waals surface area contributed by atoms with Crippen LogP contribution in [0.25, 0.3) is 5.76 Å². The van der Waals surface area contributed by atoms with Crippen LogP contribution in [-0.4, -0.2) is 16.7 Å². The molecule has 0 saturated carbocycles. The molecule has 3 heteroatoms. The number of ketones is 2. The smallest absolute Gasteiger partial charge is 0.234 e. The van der Waals surface area contributed by atoms with Crippen molar-refractivity contribution in [1.82, 2.24) is 0 Å². The van der Waals surface area contributed by atoms with Gasteiger partial charge in [-0.2, -0.15) is 0 Å². The zero-order valence-electron chi connectivity index (χ0n) is 14.5. The van der Waals surface area contributed by atoms with E-state index in [9.17, 15) is 14.7 Å². The quantitative estimate of drug-likeness (QED) is 0.654. The average molecular weight is 312 g/mol. The van der Waals surface area contributed by atoms with E-state index in [1.165, 1.54) is 5.57 Å². The molecule has 0 amide bonds. The maximum Gasteiger partial charge on any atom is 0.234 e. The summed E-state index contributed by atoms with van der Waals surface area (Å²) in [5, 5.41) is 10.5. The Morgan fingerprint density at radius 3 is 2.39 bits per heavy atom. The number of fused-ring (bicyclic) bond motifs is 1. The molecule has 2 rings (SSSR count). The van der Waals surface area contributed by atoms with Crippen molar-refractivity contribution in [3.8, 4) is 0 Å². The molecule has 0 atom stereocenters. The molecular formula is C20H24O3. The summed E-state index contributed by atoms with van der Waals surface area (Å²) in [5.41, 5.74) is 4.18. The predicted molar refractivity (Wildman–Crippen MR) is 92.7 cm³/mol. The van der Waals surface area contributed by atoms with Crippen molar-refractivity contribution in [2.75, 3.05) is 0 Å². The number of Topliss-reactive ketones (excluding diaryl/α,β-unsaturated/α-hetero) is 2. The van der Waals surface area contributed by atoms with Crippen molar-refractivity contribution in [3.05, 3.63) is 51.6 Å². The van der Waals surface area contributed by atoms with E-state index in [-0.39, 0.29) is 17.3 Å². The lowest BCUT2D eigenvalue weighted by Crippen LogP contribution is -2.28. The number of benzene rings is 1. The van der Waals surface area contributed by atoms with Crippen LogP contribution in [0.4, 0.5) is 0 Å². The van der Waals surface area contributed by atoms with Gasteiger partial charge in [-0.15, -0.1) is 0 Å². The molecule has 0 bridgehead atoms. The van der Waals surface area contributed by atoms with Crippen molar-refractivity contribution in [2.24, 2.45) is 5.92 Å². The summed E-state index contributed by atoms with van der Waals surface area (Å²) in [7, 11) is 0. The van der Waals surface area contributed by atoms with Crippen LogP contribution in [0.3, 0.4) is 0 Å². The fourth-order valence-corrected chi connectivity index (χ4v) is 3.06. The van der Waals surface area contributed by atoms with Crippen molar-refractivity contribution < 1.29 is 14.7 Å². The van der Waals surface area contributed by atoms with Crippen LogP contribution in [0.1, 0.15) is 61.2 Å². The SMILES string of the molecule is CC(C)=CCCc1c(C)ccc2c1C(=O)C(=O)C(C(C)C)=C2O. The molecule has 122 valence electrons. The normalized spacial score (nSPS) is 14.3. The highest BCUT2D eigenvalue weighted by Crippen LogP contribution is 2.34. The van der Waals surface area contributed by atoms with Crippen LogP contribution in [0.15, 0.2) is 29.4 Å². The lowest BCUT2D eigenvalue weighted by Gasteiger charge is -2.23. The van der Waals surface area contributed by atoms with E-state index in [0.29, 0.717) is 17.5 Å². The van der Waals surface area contributed by atoms with E-state index in [0.717, 1.165) is 17.5 Å². The Labute approximate surface area is 137 Å². The van der Waals surface area contributed by atoms with Gasteiger partial charge in [-0.3, -0.25) is 9.59 Å². The summed E-state index contributed by atoms with van der Waals surface area (Å²) in [6.45, 7) is 9.63. The first-order valence-corrected chi connectivity index (χ1v) is 8.04. The maximum atomic E-state index is 12.6. The summed E-state index contributed by atoms with van der Waals surface area (Å²) in [6, 6.07) is 3.66. The minimum absolute atomic E-state index is 0.0388. The number of hydrogen-bond acceptors (Lipinski definition) is 3. The number of carbonyl (C=O) groups is 2. The van der Waals surface area contributed by atoms with E-state index in [2.05, 4.69) is 6.08 Å². The van der Waals surface area contributed by atoms with Crippen LogP contribution >= 0.6 is 0 Å². The Bertz CT molecular complexity index is 729. The standard InChI is InChI=1S/C20H24O3/c1-11(2)7-6-8-14-13(5)9-10-15-17(14)20(23)19(22)16(12(3)4)18(15)21/h7,9-10,12,21H,6,8H2,1-5H3. The number of carbonyl (C=O) groups excluding carboxylic acids is 2. The van der Waals surface area contributed by atoms with Gasteiger partial charge in [0, 0.05) is 16.7 Å². The Kier molecular flexibility index (Phi) is 4.88. The predicted octanol–water partition coefficient (Wildman–Crippen LogP) is 4.58. The third-order valence-corrected chi connectivity index (χ3v) is 4.26. The Morgan fingerprint density at radius 1 is 1.17 bits per heavy atom. The average Bonchev–Trinajstić information content (AvgIpc) is 2.46. The molecule has 1 aromatic rings. The lowest BCUT2D eigenvalue weighted by molar-refractivity contribution is -0.112. The van der Waals surface area contributed by atoms with Crippen molar-refractivity contribution in [3.63, 3.8) is 0 Å². The summed E-state index contributed by atoms with van der Waals surface area (Å²) in [6.07, 6.45) is 3.61. The molecule has 1 aliphatic carbocycles. The molecule has 0 fully saturated rings. The first-order valence-electron chi connectivity index (χ1n) is 8.04. The molecule has 1 aliphatic rings. The topological polar surface area (TPSA) is 54.4 Å². The molecule has 1 N–H and O–H groups in total. The van der Waals surface area contributed by atoms with Gasteiger partial charge in [0.2, 0.25) is 11.6 Å². The van der Waals surface area contributed by atoms with Crippen LogP contribution in [-0.2, 0) is 11.2 Å². The Hall–Kier alpha value is -2.16. The van der Waals surface area contributed by atoms with Gasteiger partial charge < -0.3 is 5.11 Å². The minimum atomic E-state index is -0.570. The molecule has 0 aromatic heterocycles. The zero-order chi connectivity index (χ0) is 17.3. The molecule has 0 unspecified atom stereocenters. The van der Waals surface area contributed by atoms with Gasteiger partial charge in [0.1, 0.15) is 5.76 Å². The maximum absolute atomic E-state index is 12.6. The van der Waals surface area contributed by atoms with Gasteiger partial charge in [0.25, 0.3) is 0 Å². The molecule has 23 heavy (non-hydrogen) atoms. The zero-order valence-corrected chi connectivity index (χ0v) is 14.5. The van der Waals surface area contributed by atoms with Crippen LogP contribution in [0, 0.1) is 12.8 Å². The van der Waals surface area contributed by atoms with Gasteiger partial charge in [-0.1, -0.05) is 37.6 Å². The fourth-order valence-electron chi connectivity index (χ4n) is 3.06. The molecule has 0 heterocycles. The van der Waals surface area contributed by atoms with Crippen LogP contribution in [0.5, 0.6) is 0 Å². The molecular weight excluding hydrogens is 288 g/mol. The molecule has 3 nitrogen and oxygen atoms in total. The van der Waals surface area contributed by atoms with Gasteiger partial charge in [-0.25, -0.2) is 0 Å². The lowest BCUT2D eigenvalue weighted by atomic mass is 9.80. The van der Waals surface area contributed by atoms with Crippen molar-refractivity contribution in [1.29, 1.82) is 0 Å². The first-order chi connectivity index (χ1) is 10.8. The van der Waals surface area contributed by atoms with E-state index in [1.807, 2.05) is 40.7 Å². The number of rotatable bonds is 4. The third-order valence-electron chi connectivity index (χ3n) is 4.26. The first kappa shape index (κ1) is 17.2. The summed E-state index contributed by atoms with van der Waals surface area (Å²) >= 11 is 0. The molecule has 0 spiro atoms. The van der Waals surface area contributed by atoms with Gasteiger partial charge in [0.15, 0.2) is 0 Å². The Morgan fingerprint density at radius 2 is 1.83 bits per heavy atom. The number of aliphatic hydroxyl groups excluding tert-OH is 1. The van der Waals surface area contributed by atoms with Crippen LogP contribution < -0.4 is 0 Å². The number of hydrogen-bond donors (Lipinski definition) is 1. The summed E-state index contributed by atoms with van der Waals surface area (Å²) < 4.78 is 0. The number of aryl methyl sites for hydroxylation is 1. The second kappa shape index (κ2) is 6.53. The molecule has 0 aliphatic heterocycles. The van der Waals surface area contributed by atoms with Gasteiger partial charge in [-0.05, 0) is 50.7 Å². The van der Waals surface area contributed by atoms with E-state index >= 15 is 0 Å². The largest absolute Gasteiger partial charge is 0.507 e. The second-order valence-electron chi connectivity index (χ2n) is 6.68. The van der Waals surface area contributed by atoms with E-state index < -0.39 is 11.6 Å². The van der Waals surface area contributed by atoms with E-state index in [4.69, 9.17) is 0 Å². The monoisotopic (exact) mass is 312 g/mol. The molecule has 0 radical (unpaired) electrons. The fraction of sp³-hybridized carbons (Fsp3) is 0.400. The highest BCUT2D eigenvalue weighted by molar-refractivity contribution is 6.52. The molecule has 0 saturated heterocycles. The Balaban J connectivity index is 2.61. The van der Waals surface area contributed by atoms with Crippen LogP contribution in [0.2, 0.25) is 0 Å². The van der Waals surface area contributed by atoms with E-state index in [1.54, 1.807) is 6.07 Å². The van der Waals surface area contributed by atoms with Crippen molar-refractivity contribution >= 4 is 17.3 Å². The minimum Gasteiger partial charge on any atom is -0.507 e. The summed E-state index contributed by atoms with van der Waals surface area (Å²) in [4.78, 5) is 25.0. The highest BCUT2D eigenvalue weighted by atomic mass is 16.3. The third kappa shape index (κ3) is 3.14. The second-order valence-corrected chi connectivity index (χ2v) is 6.68. The van der Waals surface area contributed by atoms with Gasteiger partial charge >= 0.3 is 0 Å². The number of aliphatic hydroxyl groups is 1.